The monoisotopic (exact) mass is 283 g/mol. The van der Waals surface area contributed by atoms with Gasteiger partial charge < -0.3 is 5.32 Å². The number of hydrogen-bond donors (Lipinski definition) is 1. The highest BCUT2D eigenvalue weighted by Crippen LogP contribution is 2.27. The number of aromatic nitrogens is 2. The number of halogens is 1. The molecule has 1 aliphatic carbocycles. The van der Waals surface area contributed by atoms with E-state index in [-0.39, 0.29) is 11.3 Å². The smallest absolute Gasteiger partial charge is 0.269 e. The van der Waals surface area contributed by atoms with Crippen molar-refractivity contribution in [1.29, 1.82) is 0 Å². The van der Waals surface area contributed by atoms with Crippen LogP contribution >= 0.6 is 11.6 Å². The quantitative estimate of drug-likeness (QED) is 0.864. The van der Waals surface area contributed by atoms with E-state index < -0.39 is 0 Å². The third kappa shape index (κ3) is 3.72. The molecule has 1 N–H and O–H groups in total. The zero-order chi connectivity index (χ0) is 13.8. The van der Waals surface area contributed by atoms with E-state index in [0.29, 0.717) is 18.2 Å². The topological polar surface area (TPSA) is 46.9 Å². The molecule has 4 nitrogen and oxygen atoms in total. The lowest BCUT2D eigenvalue weighted by Crippen LogP contribution is -2.33. The fourth-order valence-corrected chi connectivity index (χ4v) is 3.11. The SMILES string of the molecule is CCn1nc(C)cc1C(=O)NCC1CCCC(Cl)C1. The molecule has 0 radical (unpaired) electrons. The Labute approximate surface area is 119 Å². The van der Waals surface area contributed by atoms with E-state index in [9.17, 15) is 4.79 Å². The van der Waals surface area contributed by atoms with Crippen molar-refractivity contribution in [2.45, 2.75) is 51.5 Å². The molecule has 19 heavy (non-hydrogen) atoms. The standard InChI is InChI=1S/C14H22ClN3O/c1-3-18-13(7-10(2)17-18)14(19)16-9-11-5-4-6-12(15)8-11/h7,11-12H,3-6,8-9H2,1-2H3,(H,16,19). The van der Waals surface area contributed by atoms with Crippen LogP contribution in [0.1, 0.15) is 48.8 Å². The van der Waals surface area contributed by atoms with Gasteiger partial charge in [-0.1, -0.05) is 6.42 Å². The number of aryl methyl sites for hydroxylation is 2. The van der Waals surface area contributed by atoms with Crippen LogP contribution < -0.4 is 5.32 Å². The third-order valence-corrected chi connectivity index (χ3v) is 4.10. The molecular weight excluding hydrogens is 262 g/mol. The van der Waals surface area contributed by atoms with Gasteiger partial charge in [0.2, 0.25) is 0 Å². The first-order valence-electron chi connectivity index (χ1n) is 7.07. The summed E-state index contributed by atoms with van der Waals surface area (Å²) in [6, 6.07) is 1.84. The molecule has 1 heterocycles. The number of rotatable bonds is 4. The number of hydrogen-bond acceptors (Lipinski definition) is 2. The maximum Gasteiger partial charge on any atom is 0.269 e. The summed E-state index contributed by atoms with van der Waals surface area (Å²) in [6.07, 6.45) is 4.44. The highest BCUT2D eigenvalue weighted by atomic mass is 35.5. The van der Waals surface area contributed by atoms with Crippen molar-refractivity contribution in [2.75, 3.05) is 6.54 Å². The molecule has 2 rings (SSSR count). The second-order valence-corrected chi connectivity index (χ2v) is 5.94. The molecular formula is C14H22ClN3O. The van der Waals surface area contributed by atoms with Gasteiger partial charge in [-0.3, -0.25) is 9.48 Å². The first-order valence-corrected chi connectivity index (χ1v) is 7.50. The van der Waals surface area contributed by atoms with Crippen molar-refractivity contribution in [1.82, 2.24) is 15.1 Å². The number of amides is 1. The van der Waals surface area contributed by atoms with E-state index >= 15 is 0 Å². The lowest BCUT2D eigenvalue weighted by molar-refractivity contribution is 0.0933. The Morgan fingerprint density at radius 2 is 2.37 bits per heavy atom. The van der Waals surface area contributed by atoms with E-state index in [4.69, 9.17) is 11.6 Å². The van der Waals surface area contributed by atoms with Crippen molar-refractivity contribution in [2.24, 2.45) is 5.92 Å². The summed E-state index contributed by atoms with van der Waals surface area (Å²) in [4.78, 5) is 12.2. The van der Waals surface area contributed by atoms with E-state index in [0.717, 1.165) is 31.5 Å². The van der Waals surface area contributed by atoms with Crippen LogP contribution in [0.3, 0.4) is 0 Å². The van der Waals surface area contributed by atoms with Gasteiger partial charge in [-0.25, -0.2) is 0 Å². The Balaban J connectivity index is 1.90. The molecule has 2 atom stereocenters. The maximum absolute atomic E-state index is 12.2. The van der Waals surface area contributed by atoms with Gasteiger partial charge in [-0.05, 0) is 45.1 Å². The Kier molecular flexibility index (Phi) is 4.86. The Morgan fingerprint density at radius 3 is 3.05 bits per heavy atom. The average Bonchev–Trinajstić information content (AvgIpc) is 2.77. The summed E-state index contributed by atoms with van der Waals surface area (Å²) in [5, 5.41) is 7.59. The zero-order valence-corrected chi connectivity index (χ0v) is 12.4. The Morgan fingerprint density at radius 1 is 1.58 bits per heavy atom. The zero-order valence-electron chi connectivity index (χ0n) is 11.7. The lowest BCUT2D eigenvalue weighted by Gasteiger charge is -2.25. The molecule has 0 saturated heterocycles. The molecule has 2 unspecified atom stereocenters. The highest BCUT2D eigenvalue weighted by Gasteiger charge is 2.21. The normalized spacial score (nSPS) is 23.3. The summed E-state index contributed by atoms with van der Waals surface area (Å²) < 4.78 is 1.75. The molecule has 0 spiro atoms. The van der Waals surface area contributed by atoms with Crippen molar-refractivity contribution in [3.8, 4) is 0 Å². The lowest BCUT2D eigenvalue weighted by atomic mass is 9.89. The average molecular weight is 284 g/mol. The summed E-state index contributed by atoms with van der Waals surface area (Å²) in [5.41, 5.74) is 1.53. The fourth-order valence-electron chi connectivity index (χ4n) is 2.71. The van der Waals surface area contributed by atoms with Crippen LogP contribution in [0.4, 0.5) is 0 Å². The van der Waals surface area contributed by atoms with Crippen LogP contribution in [-0.2, 0) is 6.54 Å². The molecule has 1 aromatic rings. The van der Waals surface area contributed by atoms with Crippen LogP contribution in [-0.4, -0.2) is 27.6 Å². The van der Waals surface area contributed by atoms with Crippen LogP contribution in [0.2, 0.25) is 0 Å². The largest absolute Gasteiger partial charge is 0.350 e. The molecule has 1 saturated carbocycles. The van der Waals surface area contributed by atoms with Crippen LogP contribution in [0.15, 0.2) is 6.07 Å². The Bertz CT molecular complexity index is 444. The van der Waals surface area contributed by atoms with Gasteiger partial charge in [0.1, 0.15) is 5.69 Å². The third-order valence-electron chi connectivity index (χ3n) is 3.70. The number of carbonyl (C=O) groups is 1. The highest BCUT2D eigenvalue weighted by molar-refractivity contribution is 6.20. The predicted molar refractivity (Wildman–Crippen MR) is 76.6 cm³/mol. The molecule has 1 aromatic heterocycles. The van der Waals surface area contributed by atoms with Gasteiger partial charge in [-0.15, -0.1) is 11.6 Å². The van der Waals surface area contributed by atoms with Crippen molar-refractivity contribution >= 4 is 17.5 Å². The van der Waals surface area contributed by atoms with Crippen LogP contribution in [0.25, 0.3) is 0 Å². The fraction of sp³-hybridized carbons (Fsp3) is 0.714. The van der Waals surface area contributed by atoms with Gasteiger partial charge in [0, 0.05) is 18.5 Å². The van der Waals surface area contributed by atoms with Crippen molar-refractivity contribution in [3.05, 3.63) is 17.5 Å². The summed E-state index contributed by atoms with van der Waals surface area (Å²) in [6.45, 7) is 5.32. The number of nitrogens with zero attached hydrogens (tertiary/aromatic N) is 2. The van der Waals surface area contributed by atoms with Crippen molar-refractivity contribution < 1.29 is 4.79 Å². The van der Waals surface area contributed by atoms with Crippen LogP contribution in [0, 0.1) is 12.8 Å². The second kappa shape index (κ2) is 6.42. The van der Waals surface area contributed by atoms with Crippen LogP contribution in [0.5, 0.6) is 0 Å². The van der Waals surface area contributed by atoms with Crippen molar-refractivity contribution in [3.63, 3.8) is 0 Å². The van der Waals surface area contributed by atoms with E-state index in [2.05, 4.69) is 10.4 Å². The van der Waals surface area contributed by atoms with E-state index in [1.807, 2.05) is 19.9 Å². The summed E-state index contributed by atoms with van der Waals surface area (Å²) in [5.74, 6) is 0.485. The number of alkyl halides is 1. The predicted octanol–water partition coefficient (Wildman–Crippen LogP) is 2.74. The molecule has 1 fully saturated rings. The molecule has 1 amide bonds. The molecule has 0 aliphatic heterocycles. The van der Waals surface area contributed by atoms with E-state index in [1.165, 1.54) is 6.42 Å². The number of carbonyl (C=O) groups excluding carboxylic acids is 1. The van der Waals surface area contributed by atoms with E-state index in [1.54, 1.807) is 4.68 Å². The Hall–Kier alpha value is -1.03. The first-order chi connectivity index (χ1) is 9.10. The second-order valence-electron chi connectivity index (χ2n) is 5.33. The molecule has 5 heteroatoms. The van der Waals surface area contributed by atoms with Gasteiger partial charge in [-0.2, -0.15) is 5.10 Å². The maximum atomic E-state index is 12.2. The molecule has 106 valence electrons. The summed E-state index contributed by atoms with van der Waals surface area (Å²) >= 11 is 6.17. The van der Waals surface area contributed by atoms with Gasteiger partial charge >= 0.3 is 0 Å². The minimum atomic E-state index is -0.0286. The summed E-state index contributed by atoms with van der Waals surface area (Å²) in [7, 11) is 0. The molecule has 1 aliphatic rings. The van der Waals surface area contributed by atoms with Gasteiger partial charge in [0.15, 0.2) is 0 Å². The minimum absolute atomic E-state index is 0.0286. The van der Waals surface area contributed by atoms with Gasteiger partial charge in [0.25, 0.3) is 5.91 Å². The number of nitrogens with one attached hydrogen (secondary N) is 1. The van der Waals surface area contributed by atoms with Gasteiger partial charge in [0.05, 0.1) is 5.69 Å². The molecule has 0 bridgehead atoms. The first kappa shape index (κ1) is 14.4. The molecule has 0 aromatic carbocycles. The minimum Gasteiger partial charge on any atom is -0.350 e.